The van der Waals surface area contributed by atoms with Crippen molar-refractivity contribution in [2.45, 2.75) is 366 Å². The molecule has 0 fully saturated rings. The summed E-state index contributed by atoms with van der Waals surface area (Å²) in [4.78, 5) is 24.5. The number of hydrogen-bond donors (Lipinski definition) is 3. The monoisotopic (exact) mass is 1030 g/mol. The third-order valence-corrected chi connectivity index (χ3v) is 15.2. The SMILES string of the molecule is CCCCC/C=C\C/C=C\CCCCCCCC(=O)OCCCCCCCCCCCCCCCCCCCCCCCCCCCCC(=O)N[C@@H](CO)[C@H](O)/C=C/CCCCCCCCCCCCCCC. The van der Waals surface area contributed by atoms with Crippen LogP contribution in [0.25, 0.3) is 0 Å². The minimum Gasteiger partial charge on any atom is -0.466 e. The number of unbranched alkanes of at least 4 members (excludes halogenated alkanes) is 46. The lowest BCUT2D eigenvalue weighted by molar-refractivity contribution is -0.143. The lowest BCUT2D eigenvalue weighted by Crippen LogP contribution is -2.45. The Kier molecular flexibility index (Phi) is 61.0. The molecule has 0 spiro atoms. The molecule has 0 aromatic rings. The molecule has 0 radical (unpaired) electrons. The van der Waals surface area contributed by atoms with Crippen LogP contribution in [0.3, 0.4) is 0 Å². The highest BCUT2D eigenvalue weighted by molar-refractivity contribution is 5.76. The lowest BCUT2D eigenvalue weighted by Gasteiger charge is -2.20. The summed E-state index contributed by atoms with van der Waals surface area (Å²) >= 11 is 0. The van der Waals surface area contributed by atoms with Gasteiger partial charge >= 0.3 is 5.97 Å². The zero-order valence-electron chi connectivity index (χ0n) is 49.1. The zero-order valence-corrected chi connectivity index (χ0v) is 49.1. The van der Waals surface area contributed by atoms with Gasteiger partial charge in [0.15, 0.2) is 0 Å². The van der Waals surface area contributed by atoms with Gasteiger partial charge in [-0.15, -0.1) is 0 Å². The van der Waals surface area contributed by atoms with Gasteiger partial charge in [0.25, 0.3) is 0 Å². The van der Waals surface area contributed by atoms with E-state index in [-0.39, 0.29) is 18.5 Å². The minimum absolute atomic E-state index is 0.00294. The van der Waals surface area contributed by atoms with Crippen molar-refractivity contribution in [3.05, 3.63) is 36.5 Å². The lowest BCUT2D eigenvalue weighted by atomic mass is 10.0. The Morgan fingerprint density at radius 3 is 1.07 bits per heavy atom. The second-order valence-electron chi connectivity index (χ2n) is 22.5. The van der Waals surface area contributed by atoms with Crippen molar-refractivity contribution in [3.8, 4) is 0 Å². The molecule has 1 amide bonds. The quantitative estimate of drug-likeness (QED) is 0.0320. The number of ether oxygens (including phenoxy) is 1. The molecule has 0 heterocycles. The van der Waals surface area contributed by atoms with Gasteiger partial charge in [0.2, 0.25) is 5.91 Å². The molecule has 0 aromatic carbocycles. The maximum absolute atomic E-state index is 12.5. The van der Waals surface area contributed by atoms with Crippen molar-refractivity contribution >= 4 is 11.9 Å². The number of hydrogen-bond acceptors (Lipinski definition) is 5. The first kappa shape index (κ1) is 71.1. The van der Waals surface area contributed by atoms with Crippen molar-refractivity contribution in [2.75, 3.05) is 13.2 Å². The summed E-state index contributed by atoms with van der Waals surface area (Å²) in [5, 5.41) is 23.1. The van der Waals surface area contributed by atoms with Crippen LogP contribution in [0.15, 0.2) is 36.5 Å². The van der Waals surface area contributed by atoms with Crippen molar-refractivity contribution in [2.24, 2.45) is 0 Å². The van der Waals surface area contributed by atoms with E-state index in [0.29, 0.717) is 19.4 Å². The molecule has 0 aromatic heterocycles. The molecule has 0 saturated heterocycles. The van der Waals surface area contributed by atoms with Gasteiger partial charge in [-0.25, -0.2) is 0 Å². The van der Waals surface area contributed by atoms with Crippen molar-refractivity contribution in [1.82, 2.24) is 5.32 Å². The van der Waals surface area contributed by atoms with Crippen LogP contribution in [0.1, 0.15) is 354 Å². The summed E-state index contributed by atoms with van der Waals surface area (Å²) in [5.41, 5.74) is 0. The molecule has 73 heavy (non-hydrogen) atoms. The molecular formula is C67H127NO5. The fourth-order valence-corrected chi connectivity index (χ4v) is 10.1. The van der Waals surface area contributed by atoms with Crippen LogP contribution in [-0.2, 0) is 14.3 Å². The Bertz CT molecular complexity index is 1180. The summed E-state index contributed by atoms with van der Waals surface area (Å²) in [6, 6.07) is -0.626. The Hall–Kier alpha value is -1.92. The van der Waals surface area contributed by atoms with Crippen LogP contribution in [0, 0.1) is 0 Å². The van der Waals surface area contributed by atoms with Gasteiger partial charge < -0.3 is 20.3 Å². The molecule has 0 unspecified atom stereocenters. The standard InChI is InChI=1S/C67H127NO5/c1-3-5-7-9-11-13-15-17-31-35-39-43-47-51-55-59-65(70)64(63-69)68-66(71)60-56-52-48-44-40-36-33-29-27-25-23-21-19-20-22-24-26-28-30-34-38-42-46-50-54-58-62-73-67(72)61-57-53-49-45-41-37-32-18-16-14-12-10-8-6-4-2/h12,14,18,32,55,59,64-65,69-70H,3-11,13,15-17,19-31,33-54,56-58,60-63H2,1-2H3,(H,68,71)/b14-12-,32-18-,59-55+/t64-,65+/m0/s1. The number of carbonyl (C=O) groups excluding carboxylic acids is 2. The molecule has 6 heteroatoms. The van der Waals surface area contributed by atoms with Crippen LogP contribution >= 0.6 is 0 Å². The number of carbonyl (C=O) groups is 2. The molecule has 0 bridgehead atoms. The predicted molar refractivity (Wildman–Crippen MR) is 319 cm³/mol. The Labute approximate surface area is 455 Å². The van der Waals surface area contributed by atoms with Gasteiger partial charge in [0, 0.05) is 12.8 Å². The normalized spacial score (nSPS) is 12.8. The number of nitrogens with one attached hydrogen (secondary N) is 1. The molecule has 0 saturated carbocycles. The van der Waals surface area contributed by atoms with Gasteiger partial charge in [-0.1, -0.05) is 314 Å². The third kappa shape index (κ3) is 59.2. The average molecular weight is 1030 g/mol. The average Bonchev–Trinajstić information content (AvgIpc) is 3.39. The molecule has 430 valence electrons. The van der Waals surface area contributed by atoms with Crippen LogP contribution in [0.5, 0.6) is 0 Å². The van der Waals surface area contributed by atoms with Gasteiger partial charge in [-0.05, 0) is 64.2 Å². The van der Waals surface area contributed by atoms with Crippen molar-refractivity contribution in [1.29, 1.82) is 0 Å². The minimum atomic E-state index is -0.843. The number of aliphatic hydroxyl groups is 2. The van der Waals surface area contributed by atoms with E-state index in [4.69, 9.17) is 4.74 Å². The molecule has 3 N–H and O–H groups in total. The van der Waals surface area contributed by atoms with Crippen LogP contribution in [-0.4, -0.2) is 47.4 Å². The van der Waals surface area contributed by atoms with E-state index in [1.54, 1.807) is 6.08 Å². The van der Waals surface area contributed by atoms with E-state index in [1.807, 2.05) is 6.08 Å². The van der Waals surface area contributed by atoms with Crippen LogP contribution in [0.4, 0.5) is 0 Å². The van der Waals surface area contributed by atoms with E-state index in [1.165, 1.54) is 276 Å². The van der Waals surface area contributed by atoms with Crippen molar-refractivity contribution < 1.29 is 24.5 Å². The number of rotatable bonds is 61. The van der Waals surface area contributed by atoms with Gasteiger partial charge in [-0.3, -0.25) is 9.59 Å². The fourth-order valence-electron chi connectivity index (χ4n) is 10.1. The largest absolute Gasteiger partial charge is 0.466 e. The molecule has 0 aliphatic rings. The first-order valence-corrected chi connectivity index (χ1v) is 32.8. The van der Waals surface area contributed by atoms with Gasteiger partial charge in [0.05, 0.1) is 25.4 Å². The maximum atomic E-state index is 12.5. The number of allylic oxidation sites excluding steroid dienone is 5. The zero-order chi connectivity index (χ0) is 52.9. The Morgan fingerprint density at radius 1 is 0.384 bits per heavy atom. The predicted octanol–water partition coefficient (Wildman–Crippen LogP) is 20.8. The molecule has 6 nitrogen and oxygen atoms in total. The first-order chi connectivity index (χ1) is 36.0. The Balaban J connectivity index is 3.37. The summed E-state index contributed by atoms with van der Waals surface area (Å²) < 4.78 is 5.48. The van der Waals surface area contributed by atoms with Crippen LogP contribution < -0.4 is 5.32 Å². The summed E-state index contributed by atoms with van der Waals surface area (Å²) in [7, 11) is 0. The second kappa shape index (κ2) is 62.6. The second-order valence-corrected chi connectivity index (χ2v) is 22.5. The Morgan fingerprint density at radius 2 is 0.685 bits per heavy atom. The highest BCUT2D eigenvalue weighted by Gasteiger charge is 2.18. The van der Waals surface area contributed by atoms with E-state index in [0.717, 1.165) is 51.4 Å². The van der Waals surface area contributed by atoms with Crippen LogP contribution in [0.2, 0.25) is 0 Å². The highest BCUT2D eigenvalue weighted by Crippen LogP contribution is 2.18. The maximum Gasteiger partial charge on any atom is 0.305 e. The number of esters is 1. The number of amides is 1. The van der Waals surface area contributed by atoms with Crippen molar-refractivity contribution in [3.63, 3.8) is 0 Å². The summed E-state index contributed by atoms with van der Waals surface area (Å²) in [5.74, 6) is -0.0613. The molecular weight excluding hydrogens is 899 g/mol. The third-order valence-electron chi connectivity index (χ3n) is 15.2. The van der Waals surface area contributed by atoms with E-state index >= 15 is 0 Å². The van der Waals surface area contributed by atoms with Gasteiger partial charge in [-0.2, -0.15) is 0 Å². The fraction of sp³-hybridized carbons (Fsp3) is 0.881. The summed E-state index contributed by atoms with van der Waals surface area (Å²) in [6.07, 6.45) is 79.1. The van der Waals surface area contributed by atoms with Gasteiger partial charge in [0.1, 0.15) is 0 Å². The highest BCUT2D eigenvalue weighted by atomic mass is 16.5. The first-order valence-electron chi connectivity index (χ1n) is 32.8. The molecule has 0 aliphatic carbocycles. The molecule has 2 atom stereocenters. The smallest absolute Gasteiger partial charge is 0.305 e. The van der Waals surface area contributed by atoms with E-state index in [2.05, 4.69) is 43.5 Å². The molecule has 0 aliphatic heterocycles. The molecule has 0 rings (SSSR count). The van der Waals surface area contributed by atoms with E-state index < -0.39 is 12.1 Å². The topological polar surface area (TPSA) is 95.9 Å². The number of aliphatic hydroxyl groups excluding tert-OH is 2. The van der Waals surface area contributed by atoms with E-state index in [9.17, 15) is 19.8 Å². The summed E-state index contributed by atoms with van der Waals surface area (Å²) in [6.45, 7) is 4.89.